The van der Waals surface area contributed by atoms with Gasteiger partial charge in [0.1, 0.15) is 24.2 Å². The Morgan fingerprint density at radius 3 is 2.10 bits per heavy atom. The number of aliphatic hydroxyl groups excluding tert-OH is 1. The van der Waals surface area contributed by atoms with E-state index in [4.69, 9.17) is 0 Å². The minimum atomic E-state index is -1.53. The van der Waals surface area contributed by atoms with Gasteiger partial charge in [-0.1, -0.05) is 66.2 Å². The summed E-state index contributed by atoms with van der Waals surface area (Å²) >= 11 is 0. The van der Waals surface area contributed by atoms with Gasteiger partial charge in [-0.3, -0.25) is 38.9 Å². The zero-order valence-corrected chi connectivity index (χ0v) is 31.7. The Hall–Kier alpha value is -3.59. The normalized spacial score (nSPS) is 22.4. The van der Waals surface area contributed by atoms with Crippen molar-refractivity contribution in [2.45, 2.75) is 154 Å². The quantitative estimate of drug-likeness (QED) is 0.127. The van der Waals surface area contributed by atoms with Gasteiger partial charge in [0.05, 0.1) is 18.6 Å². The number of rotatable bonds is 17. The number of carbonyl (C=O) groups is 7. The number of amides is 6. The molecule has 15 heteroatoms. The lowest BCUT2D eigenvalue weighted by molar-refractivity contribution is -0.153. The van der Waals surface area contributed by atoms with Gasteiger partial charge in [0.2, 0.25) is 29.5 Å². The smallest absolute Gasteiger partial charge is 0.305 e. The zero-order chi connectivity index (χ0) is 38.5. The maximum Gasteiger partial charge on any atom is 0.305 e. The van der Waals surface area contributed by atoms with E-state index in [1.54, 1.807) is 20.8 Å². The first-order valence-electron chi connectivity index (χ1n) is 19.3. The van der Waals surface area contributed by atoms with Crippen LogP contribution in [0.4, 0.5) is 0 Å². The number of aliphatic carboxylic acids is 1. The first-order valence-corrected chi connectivity index (χ1v) is 19.3. The highest BCUT2D eigenvalue weighted by Gasteiger charge is 2.44. The summed E-state index contributed by atoms with van der Waals surface area (Å²) in [6, 6.07) is -5.65. The molecule has 294 valence electrons. The number of imide groups is 1. The van der Waals surface area contributed by atoms with E-state index in [1.807, 2.05) is 6.92 Å². The third-order valence-corrected chi connectivity index (χ3v) is 10.7. The lowest BCUT2D eigenvalue weighted by Crippen LogP contribution is -2.62. The first-order chi connectivity index (χ1) is 24.7. The molecule has 2 heterocycles. The summed E-state index contributed by atoms with van der Waals surface area (Å²) in [5.74, 6) is -4.91. The Labute approximate surface area is 307 Å². The van der Waals surface area contributed by atoms with Gasteiger partial charge in [-0.25, -0.2) is 0 Å². The number of nitrogens with zero attached hydrogens (tertiary/aromatic N) is 2. The van der Waals surface area contributed by atoms with Crippen LogP contribution in [0.2, 0.25) is 0 Å². The van der Waals surface area contributed by atoms with Crippen molar-refractivity contribution >= 4 is 41.4 Å². The van der Waals surface area contributed by atoms with Crippen LogP contribution in [0.15, 0.2) is 0 Å². The summed E-state index contributed by atoms with van der Waals surface area (Å²) in [6.07, 6.45) is 7.05. The molecule has 6 amide bonds. The largest absolute Gasteiger partial charge is 0.481 e. The van der Waals surface area contributed by atoms with Crippen LogP contribution >= 0.6 is 0 Å². The molecule has 0 bridgehead atoms. The summed E-state index contributed by atoms with van der Waals surface area (Å²) in [7, 11) is 0. The summed E-state index contributed by atoms with van der Waals surface area (Å²) in [5.41, 5.74) is 0. The van der Waals surface area contributed by atoms with Crippen molar-refractivity contribution in [3.05, 3.63) is 0 Å². The molecule has 0 aromatic heterocycles. The van der Waals surface area contributed by atoms with Gasteiger partial charge in [-0.05, 0) is 63.3 Å². The van der Waals surface area contributed by atoms with Crippen molar-refractivity contribution in [1.82, 2.24) is 31.1 Å². The highest BCUT2D eigenvalue weighted by Crippen LogP contribution is 2.31. The molecule has 52 heavy (non-hydrogen) atoms. The molecule has 0 aromatic rings. The van der Waals surface area contributed by atoms with E-state index in [0.29, 0.717) is 31.7 Å². The molecule has 6 N–H and O–H groups in total. The number of carboxylic acid groups (broad SMARTS) is 1. The molecule has 3 fully saturated rings. The number of hydrogen-bond donors (Lipinski definition) is 6. The number of hydrogen-bond acceptors (Lipinski definition) is 9. The average molecular weight is 735 g/mol. The van der Waals surface area contributed by atoms with Crippen LogP contribution in [-0.2, 0) is 33.6 Å². The molecule has 0 spiro atoms. The van der Waals surface area contributed by atoms with Gasteiger partial charge in [0.25, 0.3) is 5.91 Å². The van der Waals surface area contributed by atoms with Crippen molar-refractivity contribution in [2.75, 3.05) is 19.6 Å². The van der Waals surface area contributed by atoms with Crippen molar-refractivity contribution in [1.29, 1.82) is 0 Å². The second-order valence-corrected chi connectivity index (χ2v) is 15.3. The van der Waals surface area contributed by atoms with Crippen LogP contribution in [-0.4, -0.2) is 117 Å². The number of piperidine rings is 1. The van der Waals surface area contributed by atoms with Gasteiger partial charge < -0.3 is 36.0 Å². The molecule has 0 radical (unpaired) electrons. The Morgan fingerprint density at radius 2 is 1.52 bits per heavy atom. The van der Waals surface area contributed by atoms with E-state index in [0.717, 1.165) is 38.5 Å². The number of carboxylic acids is 1. The number of likely N-dealkylation sites (tertiary alicyclic amines) is 1. The summed E-state index contributed by atoms with van der Waals surface area (Å²) in [4.78, 5) is 95.5. The molecular formula is C37H62N6O9. The van der Waals surface area contributed by atoms with Gasteiger partial charge in [-0.15, -0.1) is 0 Å². The SMILES string of the molecule is CCCN(C(=O)[C@@H]1CCCN1C(=O)[C@H](CC(=O)O)NC(=O)[C@@H](NC(=O)C[C@H](C)C1CCCCC1)C(C)C)[C@H](C(=O)NC(=O)C1CCCCN1)[C@@H](C)O. The van der Waals surface area contributed by atoms with Gasteiger partial charge in [0.15, 0.2) is 0 Å². The van der Waals surface area contributed by atoms with E-state index in [9.17, 15) is 43.8 Å². The predicted molar refractivity (Wildman–Crippen MR) is 192 cm³/mol. The van der Waals surface area contributed by atoms with Crippen molar-refractivity contribution < 1.29 is 43.8 Å². The van der Waals surface area contributed by atoms with Crippen molar-refractivity contribution in [3.8, 4) is 0 Å². The Balaban J connectivity index is 1.75. The minimum absolute atomic E-state index is 0.0423. The number of nitrogens with one attached hydrogen (secondary N) is 4. The van der Waals surface area contributed by atoms with E-state index in [-0.39, 0.29) is 43.7 Å². The number of aliphatic hydroxyl groups is 1. The molecular weight excluding hydrogens is 672 g/mol. The second kappa shape index (κ2) is 20.6. The highest BCUT2D eigenvalue weighted by molar-refractivity contribution is 6.02. The van der Waals surface area contributed by atoms with Crippen LogP contribution in [0, 0.1) is 17.8 Å². The van der Waals surface area contributed by atoms with E-state index in [2.05, 4.69) is 21.3 Å². The lowest BCUT2D eigenvalue weighted by Gasteiger charge is -2.37. The maximum atomic E-state index is 14.2. The van der Waals surface area contributed by atoms with Crippen LogP contribution in [0.1, 0.15) is 118 Å². The van der Waals surface area contributed by atoms with Crippen LogP contribution in [0.5, 0.6) is 0 Å². The van der Waals surface area contributed by atoms with Crippen molar-refractivity contribution in [2.24, 2.45) is 17.8 Å². The van der Waals surface area contributed by atoms with Crippen molar-refractivity contribution in [3.63, 3.8) is 0 Å². The van der Waals surface area contributed by atoms with Crippen LogP contribution in [0.3, 0.4) is 0 Å². The first kappa shape index (κ1) is 42.8. The summed E-state index contributed by atoms with van der Waals surface area (Å²) < 4.78 is 0. The van der Waals surface area contributed by atoms with Crippen LogP contribution < -0.4 is 21.3 Å². The summed E-state index contributed by atoms with van der Waals surface area (Å²) in [6.45, 7) is 9.44. The summed E-state index contributed by atoms with van der Waals surface area (Å²) in [5, 5.41) is 31.2. The van der Waals surface area contributed by atoms with Gasteiger partial charge in [-0.2, -0.15) is 0 Å². The standard InChI is InChI=1S/C37H62N6O9/c1-6-18-43(32(24(5)44)35(50)41-33(48)26-15-10-11-17-38-26)37(52)28-16-12-19-42(28)36(51)27(21-30(46)47)39-34(49)31(22(2)3)40-29(45)20-23(4)25-13-8-7-9-14-25/h22-28,31-32,38,44H,6-21H2,1-5H3,(H,39,49)(H,40,45)(H,46,47)(H,41,48,50)/t23-,24+,26?,27-,28-,31-,32-/m0/s1. The second-order valence-electron chi connectivity index (χ2n) is 15.3. The molecule has 1 aliphatic carbocycles. The van der Waals surface area contributed by atoms with Gasteiger partial charge >= 0.3 is 5.97 Å². The molecule has 2 saturated heterocycles. The fraction of sp³-hybridized carbons (Fsp3) is 0.811. The molecule has 2 aliphatic heterocycles. The monoisotopic (exact) mass is 734 g/mol. The molecule has 3 rings (SSSR count). The maximum absolute atomic E-state index is 14.2. The molecule has 3 aliphatic rings. The fourth-order valence-corrected chi connectivity index (χ4v) is 7.85. The van der Waals surface area contributed by atoms with E-state index in [1.165, 1.54) is 23.1 Å². The lowest BCUT2D eigenvalue weighted by atomic mass is 9.79. The molecule has 1 unspecified atom stereocenters. The fourth-order valence-electron chi connectivity index (χ4n) is 7.85. The molecule has 1 saturated carbocycles. The Kier molecular flexibility index (Phi) is 17.0. The van der Waals surface area contributed by atoms with E-state index >= 15 is 0 Å². The predicted octanol–water partition coefficient (Wildman–Crippen LogP) is 1.46. The average Bonchev–Trinajstić information content (AvgIpc) is 3.60. The third-order valence-electron chi connectivity index (χ3n) is 10.7. The molecule has 15 nitrogen and oxygen atoms in total. The van der Waals surface area contributed by atoms with Crippen LogP contribution in [0.25, 0.3) is 0 Å². The van der Waals surface area contributed by atoms with Gasteiger partial charge in [0, 0.05) is 19.5 Å². The molecule has 0 aromatic carbocycles. The topological polar surface area (TPSA) is 215 Å². The number of carbonyl (C=O) groups excluding carboxylic acids is 6. The minimum Gasteiger partial charge on any atom is -0.481 e. The zero-order valence-electron chi connectivity index (χ0n) is 31.7. The van der Waals surface area contributed by atoms with E-state index < -0.39 is 78.2 Å². The Morgan fingerprint density at radius 1 is 0.846 bits per heavy atom. The third kappa shape index (κ3) is 12.0. The molecule has 7 atom stereocenters. The highest BCUT2D eigenvalue weighted by atomic mass is 16.4. The Bertz CT molecular complexity index is 1260.